The lowest BCUT2D eigenvalue weighted by molar-refractivity contribution is -0.143. The molecule has 0 aliphatic heterocycles. The number of para-hydroxylation sites is 2. The molecule has 4 aromatic rings. The van der Waals surface area contributed by atoms with Crippen LogP contribution < -0.4 is 4.74 Å². The van der Waals surface area contributed by atoms with Crippen LogP contribution in [0.5, 0.6) is 5.75 Å². The van der Waals surface area contributed by atoms with Gasteiger partial charge in [0.25, 0.3) is 5.91 Å². The van der Waals surface area contributed by atoms with Crippen LogP contribution in [-0.4, -0.2) is 38.6 Å². The molecule has 0 spiro atoms. The molecular weight excluding hydrogens is 432 g/mol. The molecule has 0 radical (unpaired) electrons. The zero-order valence-electron chi connectivity index (χ0n) is 19.2. The van der Waals surface area contributed by atoms with E-state index in [9.17, 15) is 14.4 Å². The van der Waals surface area contributed by atoms with Crippen LogP contribution in [0.3, 0.4) is 0 Å². The molecule has 0 N–H and O–H groups in total. The predicted molar refractivity (Wildman–Crippen MR) is 129 cm³/mol. The summed E-state index contributed by atoms with van der Waals surface area (Å²) in [6, 6.07) is 18.7. The second-order valence-corrected chi connectivity index (χ2v) is 7.81. The quantitative estimate of drug-likeness (QED) is 0.187. The topological polar surface area (TPSA) is 93.9 Å². The molecule has 0 fully saturated rings. The number of carbonyl (C=O) groups excluding carboxylic acids is 3. The number of rotatable bonds is 6. The van der Waals surface area contributed by atoms with Gasteiger partial charge in [-0.1, -0.05) is 42.5 Å². The lowest BCUT2D eigenvalue weighted by Crippen LogP contribution is -2.31. The molecule has 0 saturated heterocycles. The van der Waals surface area contributed by atoms with Crippen LogP contribution in [0.4, 0.5) is 0 Å². The number of aromatic nitrogens is 2. The van der Waals surface area contributed by atoms with E-state index in [1.54, 1.807) is 6.07 Å². The number of carbonyl (C=O) groups is 3. The summed E-state index contributed by atoms with van der Waals surface area (Å²) in [4.78, 5) is 41.3. The molecule has 4 rings (SSSR count). The van der Waals surface area contributed by atoms with Gasteiger partial charge in [0.1, 0.15) is 11.6 Å². The number of imide groups is 1. The summed E-state index contributed by atoms with van der Waals surface area (Å²) in [5, 5.41) is 6.71. The van der Waals surface area contributed by atoms with Crippen LogP contribution in [-0.2, 0) is 20.9 Å². The molecular formula is C26H24N4O4. The van der Waals surface area contributed by atoms with Gasteiger partial charge in [-0.05, 0) is 35.9 Å². The zero-order chi connectivity index (χ0) is 24.2. The molecule has 0 unspecified atom stereocenters. The van der Waals surface area contributed by atoms with Gasteiger partial charge in [-0.2, -0.15) is 10.1 Å². The highest BCUT2D eigenvalue weighted by Gasteiger charge is 2.19. The van der Waals surface area contributed by atoms with E-state index >= 15 is 0 Å². The van der Waals surface area contributed by atoms with E-state index in [1.807, 2.05) is 66.1 Å². The Kier molecular flexibility index (Phi) is 6.49. The summed E-state index contributed by atoms with van der Waals surface area (Å²) in [5.41, 5.74) is 2.28. The van der Waals surface area contributed by atoms with Crippen LogP contribution in [0.25, 0.3) is 21.8 Å². The lowest BCUT2D eigenvalue weighted by Gasteiger charge is -2.15. The number of esters is 1. The minimum Gasteiger partial charge on any atom is -0.426 e. The highest BCUT2D eigenvalue weighted by Crippen LogP contribution is 2.27. The average molecular weight is 457 g/mol. The Hall–Kier alpha value is -4.33. The van der Waals surface area contributed by atoms with Gasteiger partial charge in [0.15, 0.2) is 0 Å². The van der Waals surface area contributed by atoms with Crippen molar-refractivity contribution in [1.29, 1.82) is 0 Å². The lowest BCUT2D eigenvalue weighted by atomic mass is 10.0. The van der Waals surface area contributed by atoms with E-state index < -0.39 is 17.8 Å². The number of fused-ring (bicyclic) bond motifs is 2. The Morgan fingerprint density at radius 3 is 2.53 bits per heavy atom. The number of nitrogens with zero attached hydrogens (tertiary/aromatic N) is 4. The third kappa shape index (κ3) is 4.71. The van der Waals surface area contributed by atoms with Crippen LogP contribution in [0.1, 0.15) is 31.7 Å². The molecule has 2 amide bonds. The summed E-state index contributed by atoms with van der Waals surface area (Å²) >= 11 is 0. The van der Waals surface area contributed by atoms with Gasteiger partial charge in [-0.15, -0.1) is 0 Å². The van der Waals surface area contributed by atoms with E-state index in [4.69, 9.17) is 4.74 Å². The summed E-state index contributed by atoms with van der Waals surface area (Å²) in [7, 11) is 0. The molecule has 172 valence electrons. The molecule has 0 aliphatic carbocycles. The highest BCUT2D eigenvalue weighted by molar-refractivity contribution is 6.04. The van der Waals surface area contributed by atoms with Crippen molar-refractivity contribution in [2.45, 2.75) is 33.7 Å². The van der Waals surface area contributed by atoms with Crippen LogP contribution in [0.15, 0.2) is 65.8 Å². The molecule has 0 saturated carbocycles. The molecule has 0 atom stereocenters. The summed E-state index contributed by atoms with van der Waals surface area (Å²) in [6.07, 6.45) is 1.45. The van der Waals surface area contributed by atoms with Crippen molar-refractivity contribution in [2.24, 2.45) is 5.10 Å². The van der Waals surface area contributed by atoms with Crippen LogP contribution in [0, 0.1) is 6.92 Å². The minimum absolute atomic E-state index is 0.0600. The summed E-state index contributed by atoms with van der Waals surface area (Å²) in [5.74, 6) is -0.356. The smallest absolute Gasteiger partial charge is 0.308 e. The van der Waals surface area contributed by atoms with E-state index in [-0.39, 0.29) is 6.42 Å². The largest absolute Gasteiger partial charge is 0.426 e. The number of hydrazone groups is 1. The van der Waals surface area contributed by atoms with Crippen molar-refractivity contribution >= 4 is 45.8 Å². The van der Waals surface area contributed by atoms with Crippen molar-refractivity contribution in [3.8, 4) is 5.75 Å². The number of hydrogen-bond acceptors (Lipinski definition) is 6. The van der Waals surface area contributed by atoms with Crippen molar-refractivity contribution in [3.05, 3.63) is 72.1 Å². The van der Waals surface area contributed by atoms with E-state index in [0.29, 0.717) is 17.9 Å². The molecule has 8 nitrogen and oxygen atoms in total. The second kappa shape index (κ2) is 9.66. The number of amides is 2. The number of aryl methyl sites for hydroxylation is 2. The van der Waals surface area contributed by atoms with Crippen molar-refractivity contribution < 1.29 is 19.1 Å². The molecule has 1 aromatic heterocycles. The van der Waals surface area contributed by atoms with Crippen molar-refractivity contribution in [3.63, 3.8) is 0 Å². The maximum absolute atomic E-state index is 12.9. The monoisotopic (exact) mass is 456 g/mol. The summed E-state index contributed by atoms with van der Waals surface area (Å²) < 4.78 is 7.27. The van der Waals surface area contributed by atoms with E-state index in [1.165, 1.54) is 20.1 Å². The molecule has 0 bridgehead atoms. The predicted octanol–water partition coefficient (Wildman–Crippen LogP) is 4.22. The standard InChI is InChI=1S/C26H24N4O4/c1-17-28-23-10-6-7-11-24(23)29(17)15-14-26(33)30(18(2)31)27-16-22-21-9-5-4-8-20(21)12-13-25(22)34-19(3)32/h4-13,16H,14-15H2,1-3H3/b27-16+. The Morgan fingerprint density at radius 1 is 1.03 bits per heavy atom. The number of hydrogen-bond donors (Lipinski definition) is 0. The molecule has 3 aromatic carbocycles. The maximum Gasteiger partial charge on any atom is 0.308 e. The number of ether oxygens (including phenoxy) is 1. The zero-order valence-corrected chi connectivity index (χ0v) is 19.2. The van der Waals surface area contributed by atoms with E-state index in [0.717, 1.165) is 32.6 Å². The fourth-order valence-corrected chi connectivity index (χ4v) is 3.88. The number of imidazole rings is 1. The fourth-order valence-electron chi connectivity index (χ4n) is 3.88. The Morgan fingerprint density at radius 2 is 1.76 bits per heavy atom. The molecule has 1 heterocycles. The third-order valence-electron chi connectivity index (χ3n) is 5.42. The first-order valence-electron chi connectivity index (χ1n) is 10.8. The third-order valence-corrected chi connectivity index (χ3v) is 5.42. The molecule has 8 heteroatoms. The van der Waals surface area contributed by atoms with Gasteiger partial charge in [0, 0.05) is 32.4 Å². The van der Waals surface area contributed by atoms with Gasteiger partial charge in [0.05, 0.1) is 17.2 Å². The highest BCUT2D eigenvalue weighted by atomic mass is 16.5. The Bertz CT molecular complexity index is 1440. The first-order chi connectivity index (χ1) is 16.3. The van der Waals surface area contributed by atoms with Gasteiger partial charge in [-0.25, -0.2) is 4.98 Å². The van der Waals surface area contributed by atoms with Crippen LogP contribution in [0.2, 0.25) is 0 Å². The van der Waals surface area contributed by atoms with Gasteiger partial charge in [0.2, 0.25) is 5.91 Å². The normalized spacial score (nSPS) is 11.3. The maximum atomic E-state index is 12.9. The van der Waals surface area contributed by atoms with E-state index in [2.05, 4.69) is 10.1 Å². The first kappa shape index (κ1) is 22.8. The Balaban J connectivity index is 1.61. The van der Waals surface area contributed by atoms with Crippen molar-refractivity contribution in [1.82, 2.24) is 14.6 Å². The summed E-state index contributed by atoms with van der Waals surface area (Å²) in [6.45, 7) is 4.83. The first-order valence-corrected chi connectivity index (χ1v) is 10.8. The second-order valence-electron chi connectivity index (χ2n) is 7.81. The van der Waals surface area contributed by atoms with Gasteiger partial charge >= 0.3 is 5.97 Å². The number of benzene rings is 3. The van der Waals surface area contributed by atoms with Crippen molar-refractivity contribution in [2.75, 3.05) is 0 Å². The molecule has 34 heavy (non-hydrogen) atoms. The SMILES string of the molecule is CC(=O)Oc1ccc2ccccc2c1/C=N/N(C(C)=O)C(=O)CCn1c(C)nc2ccccc21. The van der Waals surface area contributed by atoms with Gasteiger partial charge < -0.3 is 9.30 Å². The minimum atomic E-state index is -0.511. The average Bonchev–Trinajstić information content (AvgIpc) is 3.13. The van der Waals surface area contributed by atoms with Crippen LogP contribution >= 0.6 is 0 Å². The molecule has 0 aliphatic rings. The van der Waals surface area contributed by atoms with Gasteiger partial charge in [-0.3, -0.25) is 14.4 Å². The fraction of sp³-hybridized carbons (Fsp3) is 0.192. The Labute approximate surface area is 196 Å².